The van der Waals surface area contributed by atoms with Gasteiger partial charge in [-0.15, -0.1) is 0 Å². The number of nitrogens with zero attached hydrogens (tertiary/aromatic N) is 3. The minimum atomic E-state index is -0.519. The number of nitro benzene ring substituents is 1. The van der Waals surface area contributed by atoms with Crippen LogP contribution in [-0.4, -0.2) is 33.2 Å². The van der Waals surface area contributed by atoms with Crippen LogP contribution < -0.4 is 10.1 Å². The number of hydrogen-bond donors (Lipinski definition) is 1. The van der Waals surface area contributed by atoms with Crippen molar-refractivity contribution in [2.24, 2.45) is 0 Å². The van der Waals surface area contributed by atoms with Crippen LogP contribution in [0.2, 0.25) is 0 Å². The lowest BCUT2D eigenvalue weighted by atomic mass is 10.2. The molecule has 0 saturated heterocycles. The Bertz CT molecular complexity index is 1060. The predicted octanol–water partition coefficient (Wildman–Crippen LogP) is 3.97. The Kier molecular flexibility index (Phi) is 5.74. The number of nitro groups is 1. The molecule has 0 radical (unpaired) electrons. The molecule has 1 heterocycles. The van der Waals surface area contributed by atoms with Crippen LogP contribution in [0.15, 0.2) is 47.5 Å². The molecule has 8 nitrogen and oxygen atoms in total. The van der Waals surface area contributed by atoms with Crippen molar-refractivity contribution in [1.29, 1.82) is 0 Å². The van der Waals surface area contributed by atoms with E-state index in [0.717, 1.165) is 15.9 Å². The molecule has 2 aromatic carbocycles. The Morgan fingerprint density at radius 3 is 2.71 bits per heavy atom. The lowest BCUT2D eigenvalue weighted by molar-refractivity contribution is -0.384. The van der Waals surface area contributed by atoms with E-state index in [-0.39, 0.29) is 17.3 Å². The van der Waals surface area contributed by atoms with E-state index < -0.39 is 10.2 Å². The lowest BCUT2D eigenvalue weighted by Gasteiger charge is -2.15. The zero-order chi connectivity index (χ0) is 20.3. The van der Waals surface area contributed by atoms with Crippen LogP contribution in [-0.2, 0) is 4.79 Å². The lowest BCUT2D eigenvalue weighted by Crippen LogP contribution is -2.23. The zero-order valence-electron chi connectivity index (χ0n) is 15.5. The third-order valence-corrected chi connectivity index (χ3v) is 5.09. The Morgan fingerprint density at radius 1 is 1.25 bits per heavy atom. The first kappa shape index (κ1) is 19.6. The van der Waals surface area contributed by atoms with Crippen LogP contribution in [0.1, 0.15) is 12.7 Å². The van der Waals surface area contributed by atoms with Crippen molar-refractivity contribution < 1.29 is 14.5 Å². The summed E-state index contributed by atoms with van der Waals surface area (Å²) in [6.45, 7) is 3.58. The summed E-state index contributed by atoms with van der Waals surface area (Å²) in [5, 5.41) is 14.8. The van der Waals surface area contributed by atoms with Gasteiger partial charge in [-0.2, -0.15) is 0 Å². The number of carbonyl (C=O) groups is 1. The first-order valence-corrected chi connectivity index (χ1v) is 9.30. The number of anilines is 1. The topological polar surface area (TPSA) is 107 Å². The summed E-state index contributed by atoms with van der Waals surface area (Å²) in [6, 6.07) is 11.7. The predicted molar refractivity (Wildman–Crippen MR) is 108 cm³/mol. The number of methoxy groups -OCH3 is 1. The molecule has 1 amide bonds. The molecule has 28 heavy (non-hydrogen) atoms. The van der Waals surface area contributed by atoms with Gasteiger partial charge in [0, 0.05) is 11.5 Å². The van der Waals surface area contributed by atoms with E-state index in [1.54, 1.807) is 6.92 Å². The molecule has 1 aromatic heterocycles. The Balaban J connectivity index is 1.80. The van der Waals surface area contributed by atoms with Gasteiger partial charge in [0.2, 0.25) is 5.91 Å². The number of amides is 1. The van der Waals surface area contributed by atoms with Crippen molar-refractivity contribution in [2.45, 2.75) is 24.1 Å². The molecule has 1 N–H and O–H groups in total. The fourth-order valence-electron chi connectivity index (χ4n) is 2.60. The van der Waals surface area contributed by atoms with Crippen molar-refractivity contribution in [3.05, 3.63) is 58.4 Å². The second kappa shape index (κ2) is 8.22. The van der Waals surface area contributed by atoms with Gasteiger partial charge in [-0.1, -0.05) is 30.0 Å². The van der Waals surface area contributed by atoms with Gasteiger partial charge in [-0.25, -0.2) is 9.97 Å². The summed E-state index contributed by atoms with van der Waals surface area (Å²) < 4.78 is 5.16. The molecule has 0 spiro atoms. The first-order chi connectivity index (χ1) is 13.4. The van der Waals surface area contributed by atoms with E-state index in [2.05, 4.69) is 15.3 Å². The van der Waals surface area contributed by atoms with Gasteiger partial charge in [0.1, 0.15) is 16.6 Å². The van der Waals surface area contributed by atoms with E-state index >= 15 is 0 Å². The van der Waals surface area contributed by atoms with Crippen LogP contribution in [0.4, 0.5) is 11.4 Å². The molecule has 3 rings (SSSR count). The number of benzene rings is 2. The summed E-state index contributed by atoms with van der Waals surface area (Å²) in [6.07, 6.45) is 0. The van der Waals surface area contributed by atoms with E-state index in [1.165, 1.54) is 37.1 Å². The average Bonchev–Trinajstić information content (AvgIpc) is 2.67. The maximum atomic E-state index is 12.7. The molecule has 0 unspecified atom stereocenters. The van der Waals surface area contributed by atoms with Gasteiger partial charge in [-0.3, -0.25) is 14.9 Å². The molecular weight excluding hydrogens is 380 g/mol. The number of aromatic nitrogens is 2. The molecular formula is C19H18N4O4S. The van der Waals surface area contributed by atoms with Crippen molar-refractivity contribution in [1.82, 2.24) is 9.97 Å². The van der Waals surface area contributed by atoms with E-state index in [9.17, 15) is 14.9 Å². The van der Waals surface area contributed by atoms with Crippen LogP contribution >= 0.6 is 11.8 Å². The standard InChI is InChI=1S/C19H18N4O4S/c1-11(28-19-14-6-4-5-7-15(14)20-12(2)21-19)18(24)22-16-9-8-13(23(25)26)10-17(16)27-3/h4-11H,1-3H3,(H,22,24)/t11-/m0/s1. The number of thioether (sulfide) groups is 1. The number of non-ortho nitro benzene ring substituents is 1. The highest BCUT2D eigenvalue weighted by Crippen LogP contribution is 2.32. The Hall–Kier alpha value is -3.20. The highest BCUT2D eigenvalue weighted by atomic mass is 32.2. The second-order valence-electron chi connectivity index (χ2n) is 5.98. The maximum Gasteiger partial charge on any atom is 0.273 e. The molecule has 0 aliphatic heterocycles. The van der Waals surface area contributed by atoms with Gasteiger partial charge in [0.05, 0.1) is 34.6 Å². The number of hydrogen-bond acceptors (Lipinski definition) is 7. The minimum Gasteiger partial charge on any atom is -0.494 e. The molecule has 0 saturated carbocycles. The number of aryl methyl sites for hydroxylation is 1. The van der Waals surface area contributed by atoms with E-state index in [4.69, 9.17) is 4.74 Å². The third-order valence-electron chi connectivity index (χ3n) is 3.99. The molecule has 1 atom stereocenters. The molecule has 9 heteroatoms. The fraction of sp³-hybridized carbons (Fsp3) is 0.211. The average molecular weight is 398 g/mol. The number of nitrogens with one attached hydrogen (secondary N) is 1. The summed E-state index contributed by atoms with van der Waals surface area (Å²) in [4.78, 5) is 31.9. The third kappa shape index (κ3) is 4.20. The number of rotatable bonds is 6. The smallest absolute Gasteiger partial charge is 0.273 e. The zero-order valence-corrected chi connectivity index (χ0v) is 16.3. The SMILES string of the molecule is COc1cc([N+](=O)[O-])ccc1NC(=O)[C@H](C)Sc1nc(C)nc2ccccc12. The summed E-state index contributed by atoms with van der Waals surface area (Å²) in [5.74, 6) is 0.589. The highest BCUT2D eigenvalue weighted by molar-refractivity contribution is 8.00. The van der Waals surface area contributed by atoms with Crippen LogP contribution in [0.25, 0.3) is 10.9 Å². The van der Waals surface area contributed by atoms with Crippen molar-refractivity contribution >= 4 is 39.9 Å². The molecule has 0 fully saturated rings. The van der Waals surface area contributed by atoms with Gasteiger partial charge in [0.15, 0.2) is 0 Å². The van der Waals surface area contributed by atoms with Gasteiger partial charge < -0.3 is 10.1 Å². The van der Waals surface area contributed by atoms with Crippen molar-refractivity contribution in [2.75, 3.05) is 12.4 Å². The maximum absolute atomic E-state index is 12.7. The van der Waals surface area contributed by atoms with E-state index in [0.29, 0.717) is 11.5 Å². The number of para-hydroxylation sites is 1. The van der Waals surface area contributed by atoms with Crippen LogP contribution in [0, 0.1) is 17.0 Å². The summed E-state index contributed by atoms with van der Waals surface area (Å²) >= 11 is 1.32. The van der Waals surface area contributed by atoms with Crippen molar-refractivity contribution in [3.63, 3.8) is 0 Å². The summed E-state index contributed by atoms with van der Waals surface area (Å²) in [7, 11) is 1.39. The first-order valence-electron chi connectivity index (χ1n) is 8.42. The van der Waals surface area contributed by atoms with Gasteiger partial charge in [0.25, 0.3) is 5.69 Å². The fourth-order valence-corrected chi connectivity index (χ4v) is 3.59. The Morgan fingerprint density at radius 2 is 2.00 bits per heavy atom. The minimum absolute atomic E-state index is 0.111. The molecule has 144 valence electrons. The van der Waals surface area contributed by atoms with E-state index in [1.807, 2.05) is 31.2 Å². The highest BCUT2D eigenvalue weighted by Gasteiger charge is 2.20. The quantitative estimate of drug-likeness (QED) is 0.290. The number of ether oxygens (including phenoxy) is 1. The molecule has 0 aliphatic rings. The second-order valence-corrected chi connectivity index (χ2v) is 7.31. The Labute approximate surface area is 165 Å². The molecule has 0 bridgehead atoms. The number of fused-ring (bicyclic) bond motifs is 1. The normalized spacial score (nSPS) is 11.8. The summed E-state index contributed by atoms with van der Waals surface area (Å²) in [5.41, 5.74) is 1.08. The molecule has 3 aromatic rings. The van der Waals surface area contributed by atoms with Crippen LogP contribution in [0.3, 0.4) is 0 Å². The van der Waals surface area contributed by atoms with Crippen molar-refractivity contribution in [3.8, 4) is 5.75 Å². The largest absolute Gasteiger partial charge is 0.494 e. The number of carbonyl (C=O) groups excluding carboxylic acids is 1. The van der Waals surface area contributed by atoms with Gasteiger partial charge >= 0.3 is 0 Å². The molecule has 0 aliphatic carbocycles. The van der Waals surface area contributed by atoms with Crippen LogP contribution in [0.5, 0.6) is 5.75 Å². The van der Waals surface area contributed by atoms with Gasteiger partial charge in [-0.05, 0) is 26.0 Å². The monoisotopic (exact) mass is 398 g/mol.